The summed E-state index contributed by atoms with van der Waals surface area (Å²) in [6.07, 6.45) is 0.113. The zero-order chi connectivity index (χ0) is 18.6. The molecule has 0 saturated carbocycles. The van der Waals surface area contributed by atoms with Crippen LogP contribution in [0.1, 0.15) is 12.0 Å². The highest BCUT2D eigenvalue weighted by molar-refractivity contribution is 7.99. The van der Waals surface area contributed by atoms with E-state index in [2.05, 4.69) is 5.32 Å². The van der Waals surface area contributed by atoms with Crippen LogP contribution in [-0.4, -0.2) is 20.1 Å². The van der Waals surface area contributed by atoms with E-state index in [1.165, 1.54) is 23.9 Å². The molecule has 2 rings (SSSR count). The summed E-state index contributed by atoms with van der Waals surface area (Å²) in [5.41, 5.74) is 0.798. The molecule has 0 aliphatic carbocycles. The fraction of sp³-hybridized carbons (Fsp3) is 0.188. The standard InChI is InChI=1S/C16H16F2N2O3S2/c1-10-2-3-11(8-15(10)25(19,22)23)20-16(21)6-7-24-12-4-5-13(17)14(18)9-12/h2-5,8-9H,6-7H2,1H3,(H,20,21)(H2,19,22,23). The molecule has 0 bridgehead atoms. The lowest BCUT2D eigenvalue weighted by Crippen LogP contribution is -2.16. The number of anilines is 1. The van der Waals surface area contributed by atoms with E-state index in [-0.39, 0.29) is 17.2 Å². The number of aryl methyl sites for hydroxylation is 1. The Morgan fingerprint density at radius 2 is 1.88 bits per heavy atom. The number of benzene rings is 2. The van der Waals surface area contributed by atoms with Gasteiger partial charge in [-0.3, -0.25) is 4.79 Å². The monoisotopic (exact) mass is 386 g/mol. The van der Waals surface area contributed by atoms with Crippen LogP contribution in [0.3, 0.4) is 0 Å². The Balaban J connectivity index is 1.93. The average Bonchev–Trinajstić information content (AvgIpc) is 2.51. The van der Waals surface area contributed by atoms with Gasteiger partial charge >= 0.3 is 0 Å². The number of rotatable bonds is 6. The summed E-state index contributed by atoms with van der Waals surface area (Å²) in [4.78, 5) is 12.4. The summed E-state index contributed by atoms with van der Waals surface area (Å²) >= 11 is 1.21. The smallest absolute Gasteiger partial charge is 0.238 e. The minimum atomic E-state index is -3.87. The highest BCUT2D eigenvalue weighted by atomic mass is 32.2. The lowest BCUT2D eigenvalue weighted by molar-refractivity contribution is -0.115. The van der Waals surface area contributed by atoms with Crippen LogP contribution in [0.15, 0.2) is 46.2 Å². The number of nitrogens with one attached hydrogen (secondary N) is 1. The van der Waals surface area contributed by atoms with Crippen molar-refractivity contribution in [1.29, 1.82) is 0 Å². The van der Waals surface area contributed by atoms with Crippen LogP contribution in [0.2, 0.25) is 0 Å². The topological polar surface area (TPSA) is 89.3 Å². The first kappa shape index (κ1) is 19.4. The summed E-state index contributed by atoms with van der Waals surface area (Å²) in [6, 6.07) is 7.94. The van der Waals surface area contributed by atoms with Crippen molar-refractivity contribution in [2.45, 2.75) is 23.1 Å². The Labute approximate surface area is 148 Å². The Morgan fingerprint density at radius 1 is 1.16 bits per heavy atom. The maximum Gasteiger partial charge on any atom is 0.238 e. The highest BCUT2D eigenvalue weighted by Gasteiger charge is 2.13. The summed E-state index contributed by atoms with van der Waals surface area (Å²) in [5, 5.41) is 7.71. The van der Waals surface area contributed by atoms with Gasteiger partial charge in [0.15, 0.2) is 11.6 Å². The molecule has 0 radical (unpaired) electrons. The molecular weight excluding hydrogens is 370 g/mol. The molecule has 3 N–H and O–H groups in total. The fourth-order valence-electron chi connectivity index (χ4n) is 2.04. The Hall–Kier alpha value is -1.97. The Morgan fingerprint density at radius 3 is 2.52 bits per heavy atom. The lowest BCUT2D eigenvalue weighted by atomic mass is 10.2. The molecule has 0 aliphatic rings. The third-order valence-corrected chi connectivity index (χ3v) is 5.32. The first-order valence-electron chi connectivity index (χ1n) is 7.18. The SMILES string of the molecule is Cc1ccc(NC(=O)CCSc2ccc(F)c(F)c2)cc1S(N)(=O)=O. The van der Waals surface area contributed by atoms with E-state index in [1.54, 1.807) is 19.1 Å². The highest BCUT2D eigenvalue weighted by Crippen LogP contribution is 2.22. The van der Waals surface area contributed by atoms with E-state index in [1.807, 2.05) is 0 Å². The normalized spacial score (nSPS) is 11.4. The maximum absolute atomic E-state index is 13.1. The van der Waals surface area contributed by atoms with Crippen molar-refractivity contribution >= 4 is 33.4 Å². The molecule has 25 heavy (non-hydrogen) atoms. The van der Waals surface area contributed by atoms with Crippen LogP contribution in [0.5, 0.6) is 0 Å². The zero-order valence-electron chi connectivity index (χ0n) is 13.3. The first-order chi connectivity index (χ1) is 11.7. The van der Waals surface area contributed by atoms with E-state index >= 15 is 0 Å². The van der Waals surface area contributed by atoms with Crippen LogP contribution in [0.4, 0.5) is 14.5 Å². The van der Waals surface area contributed by atoms with Crippen molar-refractivity contribution < 1.29 is 22.0 Å². The van der Waals surface area contributed by atoms with Crippen LogP contribution in [-0.2, 0) is 14.8 Å². The average molecular weight is 386 g/mol. The molecule has 0 aromatic heterocycles. The molecule has 0 fully saturated rings. The van der Waals surface area contributed by atoms with Gasteiger partial charge in [0.05, 0.1) is 4.90 Å². The molecule has 2 aromatic rings. The molecule has 0 heterocycles. The van der Waals surface area contributed by atoms with Gasteiger partial charge in [-0.05, 0) is 42.8 Å². The second kappa shape index (κ2) is 7.94. The lowest BCUT2D eigenvalue weighted by Gasteiger charge is -2.09. The fourth-order valence-corrected chi connectivity index (χ4v) is 3.72. The van der Waals surface area contributed by atoms with Crippen molar-refractivity contribution in [1.82, 2.24) is 0 Å². The van der Waals surface area contributed by atoms with E-state index in [9.17, 15) is 22.0 Å². The minimum Gasteiger partial charge on any atom is -0.326 e. The van der Waals surface area contributed by atoms with Gasteiger partial charge in [0.1, 0.15) is 0 Å². The number of amides is 1. The van der Waals surface area contributed by atoms with Gasteiger partial charge in [-0.1, -0.05) is 6.07 Å². The summed E-state index contributed by atoms with van der Waals surface area (Å²) in [7, 11) is -3.87. The van der Waals surface area contributed by atoms with E-state index in [0.29, 0.717) is 21.9 Å². The van der Waals surface area contributed by atoms with Gasteiger partial charge in [-0.2, -0.15) is 0 Å². The number of hydrogen-bond donors (Lipinski definition) is 2. The van der Waals surface area contributed by atoms with Crippen molar-refractivity contribution in [3.8, 4) is 0 Å². The Bertz CT molecular complexity index is 902. The van der Waals surface area contributed by atoms with Gasteiger partial charge in [0, 0.05) is 22.8 Å². The second-order valence-corrected chi connectivity index (χ2v) is 7.95. The number of sulfonamides is 1. The summed E-state index contributed by atoms with van der Waals surface area (Å²) in [6.45, 7) is 1.60. The number of hydrogen-bond acceptors (Lipinski definition) is 4. The second-order valence-electron chi connectivity index (χ2n) is 5.25. The molecule has 134 valence electrons. The number of primary sulfonamides is 1. The van der Waals surface area contributed by atoms with Crippen molar-refractivity contribution in [3.05, 3.63) is 53.6 Å². The number of halogens is 2. The van der Waals surface area contributed by atoms with Crippen LogP contribution >= 0.6 is 11.8 Å². The van der Waals surface area contributed by atoms with Crippen LogP contribution in [0, 0.1) is 18.6 Å². The third kappa shape index (κ3) is 5.52. The maximum atomic E-state index is 13.1. The van der Waals surface area contributed by atoms with Crippen LogP contribution in [0.25, 0.3) is 0 Å². The van der Waals surface area contributed by atoms with E-state index in [4.69, 9.17) is 5.14 Å². The number of carbonyl (C=O) groups excluding carboxylic acids is 1. The van der Waals surface area contributed by atoms with Gasteiger partial charge < -0.3 is 5.32 Å². The number of carbonyl (C=O) groups is 1. The third-order valence-electron chi connectivity index (χ3n) is 3.27. The zero-order valence-corrected chi connectivity index (χ0v) is 14.9. The summed E-state index contributed by atoms with van der Waals surface area (Å²) in [5.74, 6) is -1.85. The molecule has 0 aliphatic heterocycles. The van der Waals surface area contributed by atoms with E-state index in [0.717, 1.165) is 12.1 Å². The van der Waals surface area contributed by atoms with Crippen molar-refractivity contribution in [2.24, 2.45) is 5.14 Å². The van der Waals surface area contributed by atoms with Crippen molar-refractivity contribution in [2.75, 3.05) is 11.1 Å². The molecule has 0 atom stereocenters. The van der Waals surface area contributed by atoms with Crippen molar-refractivity contribution in [3.63, 3.8) is 0 Å². The molecule has 2 aromatic carbocycles. The largest absolute Gasteiger partial charge is 0.326 e. The molecular formula is C16H16F2N2O3S2. The molecule has 0 unspecified atom stereocenters. The van der Waals surface area contributed by atoms with Crippen LogP contribution < -0.4 is 10.5 Å². The first-order valence-corrected chi connectivity index (χ1v) is 9.71. The Kier molecular flexibility index (Phi) is 6.15. The predicted octanol–water partition coefficient (Wildman–Crippen LogP) is 3.04. The number of nitrogens with two attached hydrogens (primary N) is 1. The number of thioether (sulfide) groups is 1. The predicted molar refractivity (Wildman–Crippen MR) is 92.9 cm³/mol. The molecule has 1 amide bonds. The molecule has 5 nitrogen and oxygen atoms in total. The van der Waals surface area contributed by atoms with Gasteiger partial charge in [-0.15, -0.1) is 11.8 Å². The van der Waals surface area contributed by atoms with E-state index < -0.39 is 21.7 Å². The minimum absolute atomic E-state index is 0.0542. The molecule has 0 spiro atoms. The van der Waals surface area contributed by atoms with Gasteiger partial charge in [0.2, 0.25) is 15.9 Å². The molecule has 9 heteroatoms. The van der Waals surface area contributed by atoms with Gasteiger partial charge in [0.25, 0.3) is 0 Å². The summed E-state index contributed by atoms with van der Waals surface area (Å²) < 4.78 is 48.9. The molecule has 0 saturated heterocycles. The quantitative estimate of drug-likeness (QED) is 0.747. The van der Waals surface area contributed by atoms with Gasteiger partial charge in [-0.25, -0.2) is 22.3 Å².